The van der Waals surface area contributed by atoms with Gasteiger partial charge in [0.15, 0.2) is 0 Å². The first-order chi connectivity index (χ1) is 10.2. The van der Waals surface area contributed by atoms with Crippen molar-refractivity contribution in [1.82, 2.24) is 14.8 Å². The summed E-state index contributed by atoms with van der Waals surface area (Å²) in [7, 11) is 1.89. The van der Waals surface area contributed by atoms with Gasteiger partial charge in [-0.1, -0.05) is 0 Å². The molecule has 0 atom stereocenters. The Bertz CT molecular complexity index is 601. The lowest BCUT2D eigenvalue weighted by molar-refractivity contribution is 0.00518. The van der Waals surface area contributed by atoms with Gasteiger partial charge >= 0.3 is 6.09 Å². The predicted molar refractivity (Wildman–Crippen MR) is 83.3 cm³/mol. The van der Waals surface area contributed by atoms with Gasteiger partial charge in [0, 0.05) is 38.4 Å². The fraction of sp³-hybridized carbons (Fsp3) is 0.625. The zero-order valence-corrected chi connectivity index (χ0v) is 13.9. The topological polar surface area (TPSA) is 70.3 Å². The summed E-state index contributed by atoms with van der Waals surface area (Å²) in [5.41, 5.74) is 2.42. The first-order valence-corrected chi connectivity index (χ1v) is 7.48. The number of nitrogens with one attached hydrogen (secondary N) is 1. The van der Waals surface area contributed by atoms with E-state index in [1.165, 1.54) is 0 Å². The van der Waals surface area contributed by atoms with Crippen LogP contribution in [0.5, 0.6) is 0 Å². The van der Waals surface area contributed by atoms with Crippen LogP contribution in [-0.2, 0) is 18.3 Å². The zero-order valence-electron chi connectivity index (χ0n) is 13.9. The molecule has 1 aliphatic rings. The smallest absolute Gasteiger partial charge is 0.410 e. The number of carbonyl (C=O) groups excluding carboxylic acids is 1. The summed E-state index contributed by atoms with van der Waals surface area (Å²) >= 11 is 0. The Labute approximate surface area is 131 Å². The molecule has 0 spiro atoms. The second-order valence-electron chi connectivity index (χ2n) is 6.77. The van der Waals surface area contributed by atoms with E-state index in [0.29, 0.717) is 25.3 Å². The summed E-state index contributed by atoms with van der Waals surface area (Å²) in [5.74, 6) is 0. The van der Waals surface area contributed by atoms with E-state index in [-0.39, 0.29) is 12.1 Å². The Kier molecular flexibility index (Phi) is 4.47. The van der Waals surface area contributed by atoms with Crippen LogP contribution in [0.1, 0.15) is 37.7 Å². The van der Waals surface area contributed by atoms with Crippen molar-refractivity contribution in [3.63, 3.8) is 0 Å². The van der Waals surface area contributed by atoms with Gasteiger partial charge in [0.2, 0.25) is 0 Å². The minimum atomic E-state index is -0.454. The van der Waals surface area contributed by atoms with Crippen molar-refractivity contribution in [1.29, 1.82) is 5.26 Å². The molecule has 1 amide bonds. The van der Waals surface area contributed by atoms with Crippen LogP contribution in [0.4, 0.5) is 4.79 Å². The minimum Gasteiger partial charge on any atom is -0.444 e. The lowest BCUT2D eigenvalue weighted by Gasteiger charge is -2.40. The average molecular weight is 304 g/mol. The molecule has 0 unspecified atom stereocenters. The van der Waals surface area contributed by atoms with Gasteiger partial charge in [0.05, 0.1) is 0 Å². The Morgan fingerprint density at radius 2 is 2.14 bits per heavy atom. The van der Waals surface area contributed by atoms with Gasteiger partial charge in [-0.3, -0.25) is 0 Å². The van der Waals surface area contributed by atoms with E-state index in [1.54, 1.807) is 4.90 Å². The van der Waals surface area contributed by atoms with Gasteiger partial charge in [-0.15, -0.1) is 0 Å². The van der Waals surface area contributed by atoms with E-state index in [9.17, 15) is 4.79 Å². The number of likely N-dealkylation sites (tertiary alicyclic amines) is 1. The Balaban J connectivity index is 1.80. The molecule has 6 nitrogen and oxygen atoms in total. The van der Waals surface area contributed by atoms with Gasteiger partial charge in [-0.05, 0) is 39.3 Å². The normalized spacial score (nSPS) is 15.4. The lowest BCUT2D eigenvalue weighted by Crippen LogP contribution is -2.60. The van der Waals surface area contributed by atoms with E-state index < -0.39 is 5.60 Å². The highest BCUT2D eigenvalue weighted by atomic mass is 16.6. The summed E-state index contributed by atoms with van der Waals surface area (Å²) in [6.07, 6.45) is -0.256. The Morgan fingerprint density at radius 1 is 1.50 bits per heavy atom. The quantitative estimate of drug-likeness (QED) is 0.926. The highest BCUT2D eigenvalue weighted by Gasteiger charge is 2.33. The Morgan fingerprint density at radius 3 is 2.64 bits per heavy atom. The van der Waals surface area contributed by atoms with Gasteiger partial charge in [-0.2, -0.15) is 5.26 Å². The highest BCUT2D eigenvalue weighted by molar-refractivity contribution is 5.69. The number of hydrogen-bond acceptors (Lipinski definition) is 4. The summed E-state index contributed by atoms with van der Waals surface area (Å²) in [6, 6.07) is 4.37. The maximum absolute atomic E-state index is 11.8. The molecule has 1 aromatic rings. The first kappa shape index (κ1) is 16.4. The molecule has 120 valence electrons. The van der Waals surface area contributed by atoms with Gasteiger partial charge in [-0.25, -0.2) is 4.79 Å². The molecule has 1 saturated heterocycles. The number of carbonyl (C=O) groups is 1. The molecule has 0 saturated carbocycles. The number of rotatable bonds is 3. The molecule has 0 aromatic carbocycles. The summed E-state index contributed by atoms with van der Waals surface area (Å²) in [5, 5.41) is 12.4. The van der Waals surface area contributed by atoms with Crippen LogP contribution in [0, 0.1) is 18.3 Å². The third kappa shape index (κ3) is 3.60. The van der Waals surface area contributed by atoms with Gasteiger partial charge < -0.3 is 19.5 Å². The number of hydrogen-bond donors (Lipinski definition) is 1. The minimum absolute atomic E-state index is 0.256. The molecule has 1 aliphatic heterocycles. The van der Waals surface area contributed by atoms with E-state index in [4.69, 9.17) is 10.00 Å². The Hall–Kier alpha value is -2.00. The molecule has 0 radical (unpaired) electrons. The van der Waals surface area contributed by atoms with Gasteiger partial charge in [0.1, 0.15) is 17.4 Å². The number of ether oxygens (including phenoxy) is 1. The van der Waals surface area contributed by atoms with Crippen LogP contribution in [0.15, 0.2) is 6.07 Å². The van der Waals surface area contributed by atoms with Crippen LogP contribution in [0.3, 0.4) is 0 Å². The summed E-state index contributed by atoms with van der Waals surface area (Å²) < 4.78 is 7.22. The first-order valence-electron chi connectivity index (χ1n) is 7.48. The van der Waals surface area contributed by atoms with Crippen molar-refractivity contribution < 1.29 is 9.53 Å². The molecular formula is C16H24N4O2. The van der Waals surface area contributed by atoms with Crippen LogP contribution in [0.25, 0.3) is 0 Å². The number of nitriles is 1. The molecule has 1 N–H and O–H groups in total. The second kappa shape index (κ2) is 6.01. The van der Waals surface area contributed by atoms with E-state index in [1.807, 2.05) is 45.4 Å². The van der Waals surface area contributed by atoms with Gasteiger partial charge in [0.25, 0.3) is 0 Å². The van der Waals surface area contributed by atoms with Crippen molar-refractivity contribution in [3.05, 3.63) is 23.0 Å². The molecule has 1 aromatic heterocycles. The summed E-state index contributed by atoms with van der Waals surface area (Å²) in [6.45, 7) is 9.62. The van der Waals surface area contributed by atoms with E-state index in [0.717, 1.165) is 11.3 Å². The lowest BCUT2D eigenvalue weighted by atomic mass is 10.1. The van der Waals surface area contributed by atoms with Crippen molar-refractivity contribution >= 4 is 6.09 Å². The molecule has 2 heterocycles. The van der Waals surface area contributed by atoms with Crippen molar-refractivity contribution in [2.75, 3.05) is 13.1 Å². The van der Waals surface area contributed by atoms with Crippen molar-refractivity contribution in [2.45, 2.75) is 45.9 Å². The number of nitrogens with zero attached hydrogens (tertiary/aromatic N) is 3. The highest BCUT2D eigenvalue weighted by Crippen LogP contribution is 2.17. The molecule has 0 bridgehead atoms. The average Bonchev–Trinajstić information content (AvgIpc) is 2.62. The second-order valence-corrected chi connectivity index (χ2v) is 6.77. The van der Waals surface area contributed by atoms with E-state index >= 15 is 0 Å². The largest absolute Gasteiger partial charge is 0.444 e. The SMILES string of the molecule is Cc1c(CNC2CN(C(=O)OC(C)(C)C)C2)cc(C#N)n1C. The third-order valence-corrected chi connectivity index (χ3v) is 3.87. The fourth-order valence-corrected chi connectivity index (χ4v) is 2.39. The number of aromatic nitrogens is 1. The van der Waals surface area contributed by atoms with Crippen LogP contribution < -0.4 is 5.32 Å². The third-order valence-electron chi connectivity index (χ3n) is 3.87. The molecule has 1 fully saturated rings. The summed E-state index contributed by atoms with van der Waals surface area (Å²) in [4.78, 5) is 13.5. The molecule has 0 aliphatic carbocycles. The molecule has 22 heavy (non-hydrogen) atoms. The van der Waals surface area contributed by atoms with Crippen LogP contribution in [-0.4, -0.2) is 40.3 Å². The van der Waals surface area contributed by atoms with E-state index in [2.05, 4.69) is 11.4 Å². The maximum Gasteiger partial charge on any atom is 0.410 e. The monoisotopic (exact) mass is 304 g/mol. The standard InChI is InChI=1S/C16H24N4O2/c1-11-12(6-14(7-17)19(11)5)8-18-13-9-20(10-13)15(21)22-16(2,3)4/h6,13,18H,8-10H2,1-5H3. The number of amides is 1. The van der Waals surface area contributed by atoms with Crippen molar-refractivity contribution in [3.8, 4) is 6.07 Å². The van der Waals surface area contributed by atoms with Crippen LogP contribution in [0.2, 0.25) is 0 Å². The predicted octanol–water partition coefficient (Wildman–Crippen LogP) is 1.91. The maximum atomic E-state index is 11.8. The van der Waals surface area contributed by atoms with Crippen LogP contribution >= 0.6 is 0 Å². The molecule has 2 rings (SSSR count). The van der Waals surface area contributed by atoms with Crippen molar-refractivity contribution in [2.24, 2.45) is 7.05 Å². The fourth-order valence-electron chi connectivity index (χ4n) is 2.39. The zero-order chi connectivity index (χ0) is 16.5. The molecular weight excluding hydrogens is 280 g/mol. The molecule has 6 heteroatoms.